The van der Waals surface area contributed by atoms with Crippen LogP contribution in [0.5, 0.6) is 0 Å². The van der Waals surface area contributed by atoms with Gasteiger partial charge in [0.1, 0.15) is 0 Å². The van der Waals surface area contributed by atoms with Crippen LogP contribution in [0.25, 0.3) is 0 Å². The van der Waals surface area contributed by atoms with Crippen molar-refractivity contribution in [1.82, 2.24) is 23.7 Å². The van der Waals surface area contributed by atoms with Gasteiger partial charge in [-0.3, -0.25) is 9.78 Å². The number of pyridine rings is 1. The number of hydrogen-bond donors (Lipinski definition) is 0. The van der Waals surface area contributed by atoms with Gasteiger partial charge in [-0.25, -0.2) is 13.4 Å². The van der Waals surface area contributed by atoms with Crippen molar-refractivity contribution in [2.75, 3.05) is 26.2 Å². The van der Waals surface area contributed by atoms with E-state index in [0.29, 0.717) is 31.6 Å². The van der Waals surface area contributed by atoms with Gasteiger partial charge in [-0.05, 0) is 18.6 Å². The average molecular weight is 349 g/mol. The Morgan fingerprint density at radius 1 is 1.12 bits per heavy atom. The Labute approximate surface area is 140 Å². The molecule has 9 heteroatoms. The molecule has 0 N–H and O–H groups in total. The number of amides is 1. The van der Waals surface area contributed by atoms with E-state index in [0.717, 1.165) is 0 Å². The van der Waals surface area contributed by atoms with Crippen molar-refractivity contribution in [1.29, 1.82) is 0 Å². The number of carbonyl (C=O) groups is 1. The molecule has 8 nitrogen and oxygen atoms in total. The molecule has 2 aromatic heterocycles. The van der Waals surface area contributed by atoms with E-state index in [9.17, 15) is 13.2 Å². The summed E-state index contributed by atoms with van der Waals surface area (Å²) in [7, 11) is -1.90. The molecular weight excluding hydrogens is 330 g/mol. The van der Waals surface area contributed by atoms with Crippen LogP contribution in [0.15, 0.2) is 42.1 Å². The number of imidazole rings is 1. The number of aromatic nitrogens is 3. The second kappa shape index (κ2) is 6.70. The second-order valence-corrected chi connectivity index (χ2v) is 7.55. The number of hydrogen-bond acceptors (Lipinski definition) is 5. The highest BCUT2D eigenvalue weighted by molar-refractivity contribution is 7.89. The zero-order chi connectivity index (χ0) is 17.2. The van der Waals surface area contributed by atoms with Crippen molar-refractivity contribution in [3.63, 3.8) is 0 Å². The van der Waals surface area contributed by atoms with E-state index < -0.39 is 10.0 Å². The van der Waals surface area contributed by atoms with Crippen LogP contribution < -0.4 is 0 Å². The predicted octanol–water partition coefficient (Wildman–Crippen LogP) is 0.352. The highest BCUT2D eigenvalue weighted by atomic mass is 32.2. The van der Waals surface area contributed by atoms with Crippen molar-refractivity contribution in [2.45, 2.75) is 11.4 Å². The summed E-state index contributed by atoms with van der Waals surface area (Å²) in [5.41, 5.74) is 0.561. The summed E-state index contributed by atoms with van der Waals surface area (Å²) >= 11 is 0. The first-order chi connectivity index (χ1) is 11.5. The smallest absolute Gasteiger partial charge is 0.262 e. The molecule has 0 radical (unpaired) electrons. The number of nitrogens with zero attached hydrogens (tertiary/aromatic N) is 5. The molecule has 3 rings (SSSR count). The topological polar surface area (TPSA) is 88.4 Å². The normalized spacial score (nSPS) is 16.8. The first-order valence-corrected chi connectivity index (χ1v) is 9.10. The van der Waals surface area contributed by atoms with Crippen molar-refractivity contribution >= 4 is 15.9 Å². The Bertz CT molecular complexity index is 819. The summed E-state index contributed by atoms with van der Waals surface area (Å²) in [6.07, 6.45) is 6.68. The fourth-order valence-electron chi connectivity index (χ4n) is 2.67. The minimum Gasteiger partial charge on any atom is -0.339 e. The van der Waals surface area contributed by atoms with E-state index in [2.05, 4.69) is 9.97 Å². The summed E-state index contributed by atoms with van der Waals surface area (Å²) in [5.74, 6) is -0.102. The third-order valence-corrected chi connectivity index (χ3v) is 5.74. The third kappa shape index (κ3) is 3.31. The molecule has 1 aliphatic heterocycles. The van der Waals surface area contributed by atoms with Gasteiger partial charge in [0, 0.05) is 57.4 Å². The van der Waals surface area contributed by atoms with Crippen LogP contribution in [0.4, 0.5) is 0 Å². The standard InChI is InChI=1S/C15H19N5O3S/c1-18-11-14(17-12-18)24(22,23)20-8-2-7-19(9-10-20)15(21)13-3-5-16-6-4-13/h3-6,11-12H,2,7-10H2,1H3. The minimum atomic E-state index is -3.62. The maximum absolute atomic E-state index is 12.6. The molecule has 1 saturated heterocycles. The molecule has 0 atom stereocenters. The molecular formula is C15H19N5O3S. The van der Waals surface area contributed by atoms with Crippen molar-refractivity contribution < 1.29 is 13.2 Å². The van der Waals surface area contributed by atoms with Gasteiger partial charge in [0.25, 0.3) is 15.9 Å². The SMILES string of the molecule is Cn1cnc(S(=O)(=O)N2CCCN(C(=O)c3ccncc3)CC2)c1. The van der Waals surface area contributed by atoms with Crippen molar-refractivity contribution in [2.24, 2.45) is 7.05 Å². The lowest BCUT2D eigenvalue weighted by Gasteiger charge is -2.21. The van der Waals surface area contributed by atoms with E-state index >= 15 is 0 Å². The molecule has 24 heavy (non-hydrogen) atoms. The molecule has 1 amide bonds. The first kappa shape index (κ1) is 16.6. The lowest BCUT2D eigenvalue weighted by atomic mass is 10.2. The van der Waals surface area contributed by atoms with Crippen molar-refractivity contribution in [3.05, 3.63) is 42.6 Å². The fraction of sp³-hybridized carbons (Fsp3) is 0.400. The highest BCUT2D eigenvalue weighted by Gasteiger charge is 2.29. The number of carbonyl (C=O) groups excluding carboxylic acids is 1. The number of sulfonamides is 1. The average Bonchev–Trinajstić information content (AvgIpc) is 2.88. The quantitative estimate of drug-likeness (QED) is 0.798. The Hall–Kier alpha value is -2.26. The van der Waals surface area contributed by atoms with Crippen LogP contribution >= 0.6 is 0 Å². The van der Waals surface area contributed by atoms with Gasteiger partial charge in [-0.2, -0.15) is 4.31 Å². The van der Waals surface area contributed by atoms with Gasteiger partial charge in [-0.1, -0.05) is 0 Å². The van der Waals surface area contributed by atoms with E-state index in [1.54, 1.807) is 41.0 Å². The Balaban J connectivity index is 1.72. The number of rotatable bonds is 3. The summed E-state index contributed by atoms with van der Waals surface area (Å²) in [4.78, 5) is 22.0. The zero-order valence-electron chi connectivity index (χ0n) is 13.4. The van der Waals surface area contributed by atoms with Gasteiger partial charge in [-0.15, -0.1) is 0 Å². The summed E-state index contributed by atoms with van der Waals surface area (Å²) in [6.45, 7) is 1.51. The molecule has 0 spiro atoms. The minimum absolute atomic E-state index is 0.0407. The van der Waals surface area contributed by atoms with Gasteiger partial charge < -0.3 is 9.47 Å². The van der Waals surface area contributed by atoms with Crippen LogP contribution in [-0.4, -0.2) is 64.2 Å². The largest absolute Gasteiger partial charge is 0.339 e. The van der Waals surface area contributed by atoms with Gasteiger partial charge in [0.05, 0.1) is 6.33 Å². The Morgan fingerprint density at radius 3 is 2.54 bits per heavy atom. The van der Waals surface area contributed by atoms with Crippen LogP contribution in [0.2, 0.25) is 0 Å². The summed E-state index contributed by atoms with van der Waals surface area (Å²) < 4.78 is 28.3. The molecule has 0 aromatic carbocycles. The van der Waals surface area contributed by atoms with Crippen LogP contribution in [0.3, 0.4) is 0 Å². The second-order valence-electron chi connectivity index (χ2n) is 5.66. The van der Waals surface area contributed by atoms with Crippen LogP contribution in [-0.2, 0) is 17.1 Å². The monoisotopic (exact) mass is 349 g/mol. The maximum atomic E-state index is 12.6. The summed E-state index contributed by atoms with van der Waals surface area (Å²) in [6, 6.07) is 3.32. The zero-order valence-corrected chi connectivity index (χ0v) is 14.2. The predicted molar refractivity (Wildman–Crippen MR) is 86.7 cm³/mol. The molecule has 128 valence electrons. The molecule has 2 aromatic rings. The fourth-order valence-corrected chi connectivity index (χ4v) is 4.10. The van der Waals surface area contributed by atoms with Gasteiger partial charge in [0.15, 0.2) is 5.03 Å². The van der Waals surface area contributed by atoms with E-state index in [1.807, 2.05) is 0 Å². The number of aryl methyl sites for hydroxylation is 1. The molecule has 0 unspecified atom stereocenters. The van der Waals surface area contributed by atoms with Crippen LogP contribution in [0.1, 0.15) is 16.8 Å². The molecule has 3 heterocycles. The lowest BCUT2D eigenvalue weighted by Crippen LogP contribution is -2.37. The van der Waals surface area contributed by atoms with Crippen LogP contribution in [0, 0.1) is 0 Å². The Kier molecular flexibility index (Phi) is 4.63. The van der Waals surface area contributed by atoms with E-state index in [1.165, 1.54) is 16.8 Å². The highest BCUT2D eigenvalue weighted by Crippen LogP contribution is 2.16. The summed E-state index contributed by atoms with van der Waals surface area (Å²) in [5, 5.41) is 0.0407. The van der Waals surface area contributed by atoms with Gasteiger partial charge in [0.2, 0.25) is 0 Å². The van der Waals surface area contributed by atoms with E-state index in [4.69, 9.17) is 0 Å². The molecule has 0 saturated carbocycles. The molecule has 0 bridgehead atoms. The van der Waals surface area contributed by atoms with Crippen molar-refractivity contribution in [3.8, 4) is 0 Å². The first-order valence-electron chi connectivity index (χ1n) is 7.66. The lowest BCUT2D eigenvalue weighted by molar-refractivity contribution is 0.0764. The van der Waals surface area contributed by atoms with Gasteiger partial charge >= 0.3 is 0 Å². The molecule has 0 aliphatic carbocycles. The third-order valence-electron chi connectivity index (χ3n) is 3.95. The maximum Gasteiger partial charge on any atom is 0.262 e. The molecule has 1 aliphatic rings. The van der Waals surface area contributed by atoms with E-state index in [-0.39, 0.29) is 17.5 Å². The molecule has 1 fully saturated rings. The Morgan fingerprint density at radius 2 is 1.88 bits per heavy atom.